The molecule has 3 N–H and O–H groups in total. The van der Waals surface area contributed by atoms with Crippen molar-refractivity contribution < 1.29 is 4.79 Å². The average Bonchev–Trinajstić information content (AvgIpc) is 2.22. The molecule has 0 saturated carbocycles. The summed E-state index contributed by atoms with van der Waals surface area (Å²) in [6.45, 7) is 3.74. The molecule has 1 aliphatic rings. The number of unbranched alkanes of at least 4 members (excludes halogenated alkanes) is 1. The molecule has 86 valence electrons. The van der Waals surface area contributed by atoms with Gasteiger partial charge in [-0.15, -0.1) is 0 Å². The number of hydrogen-bond donors (Lipinski definition) is 3. The molecule has 1 fully saturated rings. The maximum Gasteiger partial charge on any atom is 0.220 e. The number of nitrogens with one attached hydrogen (secondary N) is 3. The SMILES string of the molecule is CCCCNC(=S)NC1CCC(=O)NC1. The third-order valence-corrected chi connectivity index (χ3v) is 2.68. The summed E-state index contributed by atoms with van der Waals surface area (Å²) < 4.78 is 0. The molecule has 4 nitrogen and oxygen atoms in total. The Balaban J connectivity index is 2.12. The maximum absolute atomic E-state index is 10.9. The van der Waals surface area contributed by atoms with Crippen molar-refractivity contribution in [2.24, 2.45) is 0 Å². The molecule has 5 heteroatoms. The summed E-state index contributed by atoms with van der Waals surface area (Å²) in [7, 11) is 0. The lowest BCUT2D eigenvalue weighted by Crippen LogP contribution is -2.50. The zero-order chi connectivity index (χ0) is 11.1. The topological polar surface area (TPSA) is 53.2 Å². The van der Waals surface area contributed by atoms with Crippen LogP contribution in [0.25, 0.3) is 0 Å². The van der Waals surface area contributed by atoms with Gasteiger partial charge >= 0.3 is 0 Å². The van der Waals surface area contributed by atoms with Crippen LogP contribution in [-0.2, 0) is 4.79 Å². The summed E-state index contributed by atoms with van der Waals surface area (Å²) in [6, 6.07) is 0.282. The highest BCUT2D eigenvalue weighted by molar-refractivity contribution is 7.80. The predicted octanol–water partition coefficient (Wildman–Crippen LogP) is 0.529. The average molecular weight is 229 g/mol. The number of piperidine rings is 1. The molecule has 1 amide bonds. The Labute approximate surface area is 96.2 Å². The van der Waals surface area contributed by atoms with Gasteiger partial charge in [0.25, 0.3) is 0 Å². The van der Waals surface area contributed by atoms with Crippen LogP contribution in [0.15, 0.2) is 0 Å². The summed E-state index contributed by atoms with van der Waals surface area (Å²) in [5, 5.41) is 9.87. The molecular formula is C10H19N3OS. The number of thiocarbonyl (C=S) groups is 1. The van der Waals surface area contributed by atoms with Gasteiger partial charge in [-0.3, -0.25) is 4.79 Å². The van der Waals surface area contributed by atoms with E-state index in [1.807, 2.05) is 0 Å². The van der Waals surface area contributed by atoms with Gasteiger partial charge < -0.3 is 16.0 Å². The summed E-state index contributed by atoms with van der Waals surface area (Å²) in [5.74, 6) is 0.137. The van der Waals surface area contributed by atoms with Gasteiger partial charge in [0, 0.05) is 25.6 Å². The Morgan fingerprint density at radius 2 is 2.47 bits per heavy atom. The van der Waals surface area contributed by atoms with Crippen LogP contribution in [0.3, 0.4) is 0 Å². The van der Waals surface area contributed by atoms with Crippen LogP contribution in [0.5, 0.6) is 0 Å². The van der Waals surface area contributed by atoms with Crippen LogP contribution in [0.4, 0.5) is 0 Å². The number of hydrogen-bond acceptors (Lipinski definition) is 2. The van der Waals surface area contributed by atoms with Crippen molar-refractivity contribution in [1.82, 2.24) is 16.0 Å². The Bertz CT molecular complexity index is 223. The fourth-order valence-corrected chi connectivity index (χ4v) is 1.74. The van der Waals surface area contributed by atoms with E-state index in [9.17, 15) is 4.79 Å². The normalized spacial score (nSPS) is 20.6. The van der Waals surface area contributed by atoms with Gasteiger partial charge in [-0.1, -0.05) is 13.3 Å². The molecule has 0 spiro atoms. The predicted molar refractivity (Wildman–Crippen MR) is 64.7 cm³/mol. The van der Waals surface area contributed by atoms with E-state index in [1.165, 1.54) is 0 Å². The minimum atomic E-state index is 0.137. The lowest BCUT2D eigenvalue weighted by Gasteiger charge is -2.24. The van der Waals surface area contributed by atoms with Crippen molar-refractivity contribution in [2.45, 2.75) is 38.6 Å². The van der Waals surface area contributed by atoms with Crippen molar-refractivity contribution in [2.75, 3.05) is 13.1 Å². The summed E-state index contributed by atoms with van der Waals surface area (Å²) in [6.07, 6.45) is 3.75. The Hall–Kier alpha value is -0.840. The van der Waals surface area contributed by atoms with Crippen molar-refractivity contribution in [1.29, 1.82) is 0 Å². The fourth-order valence-electron chi connectivity index (χ4n) is 1.47. The van der Waals surface area contributed by atoms with E-state index in [4.69, 9.17) is 12.2 Å². The molecule has 0 radical (unpaired) electrons. The molecule has 1 rings (SSSR count). The minimum Gasteiger partial charge on any atom is -0.363 e. The molecule has 0 aromatic carbocycles. The highest BCUT2D eigenvalue weighted by Crippen LogP contribution is 2.02. The lowest BCUT2D eigenvalue weighted by molar-refractivity contribution is -0.122. The first-order valence-electron chi connectivity index (χ1n) is 5.53. The van der Waals surface area contributed by atoms with Gasteiger partial charge in [0.05, 0.1) is 0 Å². The van der Waals surface area contributed by atoms with E-state index in [2.05, 4.69) is 22.9 Å². The molecule has 1 atom stereocenters. The first kappa shape index (κ1) is 12.2. The van der Waals surface area contributed by atoms with Gasteiger partial charge in [-0.25, -0.2) is 0 Å². The highest BCUT2D eigenvalue weighted by Gasteiger charge is 2.17. The van der Waals surface area contributed by atoms with Crippen molar-refractivity contribution in [3.05, 3.63) is 0 Å². The summed E-state index contributed by atoms with van der Waals surface area (Å²) >= 11 is 5.14. The van der Waals surface area contributed by atoms with Crippen LogP contribution in [0.2, 0.25) is 0 Å². The van der Waals surface area contributed by atoms with Crippen LogP contribution in [0.1, 0.15) is 32.6 Å². The van der Waals surface area contributed by atoms with Gasteiger partial charge in [-0.05, 0) is 25.1 Å². The Kier molecular flexibility index (Phi) is 5.39. The third-order valence-electron chi connectivity index (χ3n) is 2.42. The summed E-state index contributed by atoms with van der Waals surface area (Å²) in [5.41, 5.74) is 0. The van der Waals surface area contributed by atoms with Crippen LogP contribution >= 0.6 is 12.2 Å². The van der Waals surface area contributed by atoms with E-state index in [-0.39, 0.29) is 11.9 Å². The van der Waals surface area contributed by atoms with E-state index < -0.39 is 0 Å². The van der Waals surface area contributed by atoms with Crippen LogP contribution in [-0.4, -0.2) is 30.2 Å². The molecule has 1 saturated heterocycles. The number of carbonyl (C=O) groups excluding carboxylic acids is 1. The van der Waals surface area contributed by atoms with E-state index in [0.717, 1.165) is 25.8 Å². The maximum atomic E-state index is 10.9. The lowest BCUT2D eigenvalue weighted by atomic mass is 10.1. The highest BCUT2D eigenvalue weighted by atomic mass is 32.1. The molecular weight excluding hydrogens is 210 g/mol. The molecule has 0 aromatic heterocycles. The Morgan fingerprint density at radius 1 is 1.67 bits per heavy atom. The summed E-state index contributed by atoms with van der Waals surface area (Å²) in [4.78, 5) is 10.9. The standard InChI is InChI=1S/C10H19N3OS/c1-2-3-6-11-10(15)13-8-4-5-9(14)12-7-8/h8H,2-7H2,1H3,(H,12,14)(H2,11,13,15). The van der Waals surface area contributed by atoms with E-state index in [0.29, 0.717) is 18.1 Å². The third kappa shape index (κ3) is 4.97. The van der Waals surface area contributed by atoms with Crippen molar-refractivity contribution in [3.8, 4) is 0 Å². The second-order valence-electron chi connectivity index (χ2n) is 3.79. The monoisotopic (exact) mass is 229 g/mol. The van der Waals surface area contributed by atoms with Gasteiger partial charge in [0.15, 0.2) is 5.11 Å². The van der Waals surface area contributed by atoms with Gasteiger partial charge in [0.2, 0.25) is 5.91 Å². The van der Waals surface area contributed by atoms with E-state index >= 15 is 0 Å². The molecule has 0 aromatic rings. The second kappa shape index (κ2) is 6.61. The molecule has 1 unspecified atom stereocenters. The van der Waals surface area contributed by atoms with Gasteiger partial charge in [0.1, 0.15) is 0 Å². The largest absolute Gasteiger partial charge is 0.363 e. The first-order chi connectivity index (χ1) is 7.22. The minimum absolute atomic E-state index is 0.137. The van der Waals surface area contributed by atoms with E-state index in [1.54, 1.807) is 0 Å². The molecule has 15 heavy (non-hydrogen) atoms. The quantitative estimate of drug-likeness (QED) is 0.486. The van der Waals surface area contributed by atoms with Crippen molar-refractivity contribution >= 4 is 23.2 Å². The zero-order valence-electron chi connectivity index (χ0n) is 9.14. The Morgan fingerprint density at radius 3 is 3.07 bits per heavy atom. The van der Waals surface area contributed by atoms with Gasteiger partial charge in [-0.2, -0.15) is 0 Å². The second-order valence-corrected chi connectivity index (χ2v) is 4.20. The van der Waals surface area contributed by atoms with Crippen LogP contribution < -0.4 is 16.0 Å². The molecule has 1 aliphatic heterocycles. The molecule has 0 bridgehead atoms. The number of amides is 1. The number of rotatable bonds is 4. The smallest absolute Gasteiger partial charge is 0.220 e. The van der Waals surface area contributed by atoms with Crippen molar-refractivity contribution in [3.63, 3.8) is 0 Å². The fraction of sp³-hybridized carbons (Fsp3) is 0.800. The van der Waals surface area contributed by atoms with Crippen LogP contribution in [0, 0.1) is 0 Å². The molecule has 1 heterocycles. The zero-order valence-corrected chi connectivity index (χ0v) is 9.95. The number of carbonyl (C=O) groups is 1. The first-order valence-corrected chi connectivity index (χ1v) is 5.94. The molecule has 0 aliphatic carbocycles.